The Balaban J connectivity index is 1.95. The van der Waals surface area contributed by atoms with Crippen LogP contribution in [0.5, 0.6) is 11.5 Å². The SMILES string of the molecule is COc1ccc2nc3ccccc3c(C(=O)Oc3c(F)ccc(F)c3F)c2c1. The standard InChI is InChI=1S/C21H12F3NO3/c1-27-11-6-9-17-13(10-11)18(12-4-2-3-5-16(12)25-17)21(26)28-20-15(23)8-7-14(22)19(20)24/h2-10H,1H3. The summed E-state index contributed by atoms with van der Waals surface area (Å²) in [5.74, 6) is -5.76. The zero-order valence-electron chi connectivity index (χ0n) is 14.5. The maximum Gasteiger partial charge on any atom is 0.345 e. The Bertz CT molecular complexity index is 1240. The normalized spacial score (nSPS) is 11.0. The van der Waals surface area contributed by atoms with Gasteiger partial charge in [0.05, 0.1) is 23.7 Å². The van der Waals surface area contributed by atoms with Crippen LogP contribution in [-0.4, -0.2) is 18.1 Å². The number of hydrogen-bond acceptors (Lipinski definition) is 4. The van der Waals surface area contributed by atoms with Crippen LogP contribution in [0.1, 0.15) is 10.4 Å². The fourth-order valence-corrected chi connectivity index (χ4v) is 2.96. The molecular formula is C21H12F3NO3. The lowest BCUT2D eigenvalue weighted by Gasteiger charge is -2.12. The second-order valence-electron chi connectivity index (χ2n) is 5.95. The van der Waals surface area contributed by atoms with Gasteiger partial charge in [-0.3, -0.25) is 0 Å². The number of hydrogen-bond donors (Lipinski definition) is 0. The number of rotatable bonds is 3. The van der Waals surface area contributed by atoms with Crippen molar-refractivity contribution in [1.82, 2.24) is 4.98 Å². The second kappa shape index (κ2) is 6.84. The van der Waals surface area contributed by atoms with Gasteiger partial charge in [0.25, 0.3) is 0 Å². The second-order valence-corrected chi connectivity index (χ2v) is 5.95. The van der Waals surface area contributed by atoms with Gasteiger partial charge in [-0.15, -0.1) is 0 Å². The van der Waals surface area contributed by atoms with Gasteiger partial charge in [-0.2, -0.15) is 4.39 Å². The fraction of sp³-hybridized carbons (Fsp3) is 0.0476. The van der Waals surface area contributed by atoms with Crippen LogP contribution >= 0.6 is 0 Å². The fourth-order valence-electron chi connectivity index (χ4n) is 2.96. The Morgan fingerprint density at radius 1 is 0.893 bits per heavy atom. The third kappa shape index (κ3) is 2.90. The van der Waals surface area contributed by atoms with Gasteiger partial charge in [0.1, 0.15) is 5.75 Å². The lowest BCUT2D eigenvalue weighted by molar-refractivity contribution is 0.0723. The van der Waals surface area contributed by atoms with Gasteiger partial charge in [0.15, 0.2) is 11.6 Å². The molecule has 0 amide bonds. The maximum absolute atomic E-state index is 14.0. The predicted molar refractivity (Wildman–Crippen MR) is 97.1 cm³/mol. The number of fused-ring (bicyclic) bond motifs is 2. The number of halogens is 3. The highest BCUT2D eigenvalue weighted by Gasteiger charge is 2.23. The minimum absolute atomic E-state index is 0.0440. The summed E-state index contributed by atoms with van der Waals surface area (Å²) in [6, 6.07) is 13.0. The molecule has 0 fully saturated rings. The van der Waals surface area contributed by atoms with Crippen LogP contribution < -0.4 is 9.47 Å². The Morgan fingerprint density at radius 3 is 2.39 bits per heavy atom. The van der Waals surface area contributed by atoms with Crippen molar-refractivity contribution in [3.05, 3.63) is 77.6 Å². The number of benzene rings is 3. The van der Waals surface area contributed by atoms with Crippen LogP contribution in [0, 0.1) is 17.5 Å². The van der Waals surface area contributed by atoms with Gasteiger partial charge < -0.3 is 9.47 Å². The van der Waals surface area contributed by atoms with Crippen molar-refractivity contribution in [2.45, 2.75) is 0 Å². The van der Waals surface area contributed by atoms with Crippen LogP contribution in [-0.2, 0) is 0 Å². The molecule has 4 nitrogen and oxygen atoms in total. The van der Waals surface area contributed by atoms with Crippen LogP contribution in [0.2, 0.25) is 0 Å². The van der Waals surface area contributed by atoms with E-state index in [1.54, 1.807) is 42.5 Å². The molecule has 0 N–H and O–H groups in total. The molecule has 4 aromatic rings. The number of pyridine rings is 1. The van der Waals surface area contributed by atoms with Crippen molar-refractivity contribution in [1.29, 1.82) is 0 Å². The maximum atomic E-state index is 14.0. The number of aromatic nitrogens is 1. The Kier molecular flexibility index (Phi) is 4.35. The Labute approximate surface area is 157 Å². The first-order chi connectivity index (χ1) is 13.5. The summed E-state index contributed by atoms with van der Waals surface area (Å²) >= 11 is 0. The largest absolute Gasteiger partial charge is 0.497 e. The van der Waals surface area contributed by atoms with E-state index in [1.165, 1.54) is 7.11 Å². The first-order valence-corrected chi connectivity index (χ1v) is 8.21. The van der Waals surface area contributed by atoms with E-state index in [0.29, 0.717) is 39.7 Å². The van der Waals surface area contributed by atoms with E-state index < -0.39 is 29.2 Å². The van der Waals surface area contributed by atoms with Crippen molar-refractivity contribution < 1.29 is 27.4 Å². The topological polar surface area (TPSA) is 48.4 Å². The molecule has 0 aliphatic heterocycles. The molecule has 0 atom stereocenters. The van der Waals surface area contributed by atoms with E-state index in [2.05, 4.69) is 4.98 Å². The predicted octanol–water partition coefficient (Wildman–Crippen LogP) is 5.03. The van der Waals surface area contributed by atoms with Crippen molar-refractivity contribution in [2.75, 3.05) is 7.11 Å². The van der Waals surface area contributed by atoms with Crippen LogP contribution in [0.3, 0.4) is 0 Å². The third-order valence-corrected chi connectivity index (χ3v) is 4.29. The molecule has 0 radical (unpaired) electrons. The molecule has 0 saturated carbocycles. The van der Waals surface area contributed by atoms with Crippen molar-refractivity contribution >= 4 is 27.8 Å². The highest BCUT2D eigenvalue weighted by molar-refractivity contribution is 6.15. The van der Waals surface area contributed by atoms with Crippen molar-refractivity contribution in [3.8, 4) is 11.5 Å². The first-order valence-electron chi connectivity index (χ1n) is 8.21. The van der Waals surface area contributed by atoms with Crippen molar-refractivity contribution in [2.24, 2.45) is 0 Å². The van der Waals surface area contributed by atoms with Gasteiger partial charge in [-0.1, -0.05) is 18.2 Å². The van der Waals surface area contributed by atoms with Crippen molar-refractivity contribution in [3.63, 3.8) is 0 Å². The molecule has 140 valence electrons. The van der Waals surface area contributed by atoms with Gasteiger partial charge in [-0.05, 0) is 36.4 Å². The summed E-state index contributed by atoms with van der Waals surface area (Å²) in [5, 5.41) is 0.797. The zero-order chi connectivity index (χ0) is 19.8. The van der Waals surface area contributed by atoms with Crippen LogP contribution in [0.15, 0.2) is 54.6 Å². The van der Waals surface area contributed by atoms with Crippen LogP contribution in [0.25, 0.3) is 21.8 Å². The van der Waals surface area contributed by atoms with Gasteiger partial charge in [0, 0.05) is 10.8 Å². The molecule has 1 heterocycles. The molecule has 0 unspecified atom stereocenters. The molecular weight excluding hydrogens is 371 g/mol. The summed E-state index contributed by atoms with van der Waals surface area (Å²) in [4.78, 5) is 17.4. The minimum atomic E-state index is -1.58. The molecule has 0 bridgehead atoms. The zero-order valence-corrected chi connectivity index (χ0v) is 14.5. The molecule has 4 rings (SSSR count). The number of nitrogens with zero attached hydrogens (tertiary/aromatic N) is 1. The van der Waals surface area contributed by atoms with E-state index in [4.69, 9.17) is 9.47 Å². The van der Waals surface area contributed by atoms with E-state index in [0.717, 1.165) is 0 Å². The molecule has 1 aromatic heterocycles. The average Bonchev–Trinajstić information content (AvgIpc) is 2.71. The molecule has 28 heavy (non-hydrogen) atoms. The number of methoxy groups -OCH3 is 1. The monoisotopic (exact) mass is 383 g/mol. The Hall–Kier alpha value is -3.61. The highest BCUT2D eigenvalue weighted by atomic mass is 19.2. The lowest BCUT2D eigenvalue weighted by Crippen LogP contribution is -2.13. The third-order valence-electron chi connectivity index (χ3n) is 4.29. The summed E-state index contributed by atoms with van der Waals surface area (Å²) in [7, 11) is 1.46. The average molecular weight is 383 g/mol. The number of para-hydroxylation sites is 1. The smallest absolute Gasteiger partial charge is 0.345 e. The summed E-state index contributed by atoms with van der Waals surface area (Å²) in [6.07, 6.45) is 0. The summed E-state index contributed by atoms with van der Waals surface area (Å²) in [6.45, 7) is 0. The summed E-state index contributed by atoms with van der Waals surface area (Å²) < 4.78 is 51.5. The number of carbonyl (C=O) groups is 1. The van der Waals surface area contributed by atoms with Gasteiger partial charge in [0.2, 0.25) is 11.6 Å². The number of carbonyl (C=O) groups excluding carboxylic acids is 1. The minimum Gasteiger partial charge on any atom is -0.497 e. The highest BCUT2D eigenvalue weighted by Crippen LogP contribution is 2.31. The molecule has 7 heteroatoms. The summed E-state index contributed by atoms with van der Waals surface area (Å²) in [5.41, 5.74) is 1.00. The lowest BCUT2D eigenvalue weighted by atomic mass is 10.0. The molecule has 0 aliphatic carbocycles. The van der Waals surface area contributed by atoms with Gasteiger partial charge in [-0.25, -0.2) is 18.6 Å². The van der Waals surface area contributed by atoms with Gasteiger partial charge >= 0.3 is 5.97 Å². The van der Waals surface area contributed by atoms with E-state index in [9.17, 15) is 18.0 Å². The van der Waals surface area contributed by atoms with E-state index in [-0.39, 0.29) is 5.56 Å². The molecule has 3 aromatic carbocycles. The number of ether oxygens (including phenoxy) is 2. The molecule has 0 aliphatic rings. The Morgan fingerprint density at radius 2 is 1.61 bits per heavy atom. The quantitative estimate of drug-likeness (QED) is 0.215. The first kappa shape index (κ1) is 17.8. The molecule has 0 spiro atoms. The number of esters is 1. The molecule has 0 saturated heterocycles. The van der Waals surface area contributed by atoms with Crippen LogP contribution in [0.4, 0.5) is 13.2 Å². The van der Waals surface area contributed by atoms with E-state index in [1.807, 2.05) is 0 Å². The van der Waals surface area contributed by atoms with E-state index >= 15 is 0 Å².